The van der Waals surface area contributed by atoms with E-state index in [-0.39, 0.29) is 24.4 Å². The van der Waals surface area contributed by atoms with Gasteiger partial charge in [0.25, 0.3) is 5.91 Å². The molecule has 1 N–H and O–H groups in total. The lowest BCUT2D eigenvalue weighted by molar-refractivity contribution is -0.154. The Morgan fingerprint density at radius 1 is 1.37 bits per heavy atom. The van der Waals surface area contributed by atoms with Crippen molar-refractivity contribution in [2.24, 2.45) is 5.92 Å². The fraction of sp³-hybridized carbons (Fsp3) is 0.429. The van der Waals surface area contributed by atoms with Gasteiger partial charge in [0.1, 0.15) is 0 Å². The molecule has 0 spiro atoms. The molecule has 5 heteroatoms. The van der Waals surface area contributed by atoms with Crippen LogP contribution in [0.15, 0.2) is 29.2 Å². The first-order valence-corrected chi connectivity index (χ1v) is 7.52. The number of amides is 1. The van der Waals surface area contributed by atoms with E-state index in [0.717, 1.165) is 29.8 Å². The molecule has 0 atom stereocenters. The largest absolute Gasteiger partial charge is 0.455 e. The summed E-state index contributed by atoms with van der Waals surface area (Å²) in [5, 5.41) is 2.75. The van der Waals surface area contributed by atoms with Crippen LogP contribution < -0.4 is 5.32 Å². The molecule has 1 aromatic carbocycles. The van der Waals surface area contributed by atoms with Crippen LogP contribution in [0, 0.1) is 5.92 Å². The van der Waals surface area contributed by atoms with Crippen LogP contribution in [0.4, 0.5) is 5.69 Å². The number of hydrogen-bond donors (Lipinski definition) is 1. The Hall–Kier alpha value is -1.49. The van der Waals surface area contributed by atoms with Gasteiger partial charge in [0, 0.05) is 4.90 Å². The number of ether oxygens (including phenoxy) is 1. The van der Waals surface area contributed by atoms with Crippen LogP contribution in [0.25, 0.3) is 0 Å². The molecule has 1 amide bonds. The average molecular weight is 279 g/mol. The monoisotopic (exact) mass is 279 g/mol. The quantitative estimate of drug-likeness (QED) is 0.665. The number of carbonyl (C=O) groups is 2. The van der Waals surface area contributed by atoms with Crippen LogP contribution in [0.2, 0.25) is 0 Å². The van der Waals surface area contributed by atoms with Crippen LogP contribution in [0.1, 0.15) is 19.3 Å². The summed E-state index contributed by atoms with van der Waals surface area (Å²) in [7, 11) is 0. The van der Waals surface area contributed by atoms with Gasteiger partial charge in [-0.2, -0.15) is 0 Å². The summed E-state index contributed by atoms with van der Waals surface area (Å²) in [5.41, 5.74) is 0.750. The summed E-state index contributed by atoms with van der Waals surface area (Å²) in [4.78, 5) is 24.2. The smallest absolute Gasteiger partial charge is 0.309 e. The molecule has 1 aliphatic rings. The summed E-state index contributed by atoms with van der Waals surface area (Å²) >= 11 is 1.56. The maximum absolute atomic E-state index is 11.7. The predicted octanol–water partition coefficient (Wildman–Crippen LogP) is 2.69. The lowest BCUT2D eigenvalue weighted by Crippen LogP contribution is -2.28. The standard InChI is InChI=1S/C14H17NO3S/c1-19-12-8-3-2-7-11(12)15-13(16)9-18-14(17)10-5-4-6-10/h2-3,7-8,10H,4-6,9H2,1H3,(H,15,16). The maximum Gasteiger partial charge on any atom is 0.309 e. The predicted molar refractivity (Wildman–Crippen MR) is 75.2 cm³/mol. The topological polar surface area (TPSA) is 55.4 Å². The van der Waals surface area contributed by atoms with Gasteiger partial charge >= 0.3 is 5.97 Å². The molecule has 0 radical (unpaired) electrons. The van der Waals surface area contributed by atoms with Crippen LogP contribution >= 0.6 is 11.8 Å². The highest BCUT2D eigenvalue weighted by atomic mass is 32.2. The molecule has 1 aromatic rings. The molecular formula is C14H17NO3S. The first-order valence-electron chi connectivity index (χ1n) is 6.30. The normalized spacial score (nSPS) is 14.6. The Bertz CT molecular complexity index is 472. The van der Waals surface area contributed by atoms with Gasteiger partial charge in [0.2, 0.25) is 0 Å². The zero-order chi connectivity index (χ0) is 13.7. The summed E-state index contributed by atoms with van der Waals surface area (Å²) in [6, 6.07) is 7.53. The third-order valence-corrected chi connectivity index (χ3v) is 3.96. The zero-order valence-electron chi connectivity index (χ0n) is 10.8. The van der Waals surface area contributed by atoms with Crippen molar-refractivity contribution in [3.05, 3.63) is 24.3 Å². The molecule has 1 saturated carbocycles. The van der Waals surface area contributed by atoms with E-state index in [1.54, 1.807) is 11.8 Å². The van der Waals surface area contributed by atoms with Crippen molar-refractivity contribution in [1.29, 1.82) is 0 Å². The van der Waals surface area contributed by atoms with E-state index >= 15 is 0 Å². The van der Waals surface area contributed by atoms with E-state index in [1.807, 2.05) is 30.5 Å². The second-order valence-electron chi connectivity index (χ2n) is 4.48. The SMILES string of the molecule is CSc1ccccc1NC(=O)COC(=O)C1CCC1. The van der Waals surface area contributed by atoms with E-state index < -0.39 is 0 Å². The van der Waals surface area contributed by atoms with Gasteiger partial charge in [-0.15, -0.1) is 11.8 Å². The summed E-state index contributed by atoms with van der Waals surface area (Å²) < 4.78 is 5.00. The van der Waals surface area contributed by atoms with E-state index in [4.69, 9.17) is 4.74 Å². The van der Waals surface area contributed by atoms with Gasteiger partial charge in [0.05, 0.1) is 11.6 Å². The molecule has 2 rings (SSSR count). The Labute approximate surface area is 116 Å². The highest BCUT2D eigenvalue weighted by molar-refractivity contribution is 7.98. The molecule has 0 aromatic heterocycles. The zero-order valence-corrected chi connectivity index (χ0v) is 11.7. The van der Waals surface area contributed by atoms with Crippen molar-refractivity contribution in [3.63, 3.8) is 0 Å². The Morgan fingerprint density at radius 2 is 2.11 bits per heavy atom. The van der Waals surface area contributed by atoms with Gasteiger partial charge in [-0.25, -0.2) is 0 Å². The third kappa shape index (κ3) is 3.73. The van der Waals surface area contributed by atoms with Crippen molar-refractivity contribution >= 4 is 29.3 Å². The number of nitrogens with one attached hydrogen (secondary N) is 1. The summed E-state index contributed by atoms with van der Waals surface area (Å²) in [5.74, 6) is -0.542. The highest BCUT2D eigenvalue weighted by Crippen LogP contribution is 2.27. The number of anilines is 1. The Morgan fingerprint density at radius 3 is 2.74 bits per heavy atom. The maximum atomic E-state index is 11.7. The molecule has 19 heavy (non-hydrogen) atoms. The molecule has 0 heterocycles. The van der Waals surface area contributed by atoms with E-state index in [2.05, 4.69) is 5.32 Å². The van der Waals surface area contributed by atoms with Crippen LogP contribution in [0.5, 0.6) is 0 Å². The molecule has 1 fully saturated rings. The van der Waals surface area contributed by atoms with E-state index in [0.29, 0.717) is 0 Å². The molecule has 102 valence electrons. The number of thioether (sulfide) groups is 1. The van der Waals surface area contributed by atoms with Crippen molar-refractivity contribution in [2.45, 2.75) is 24.2 Å². The van der Waals surface area contributed by atoms with E-state index in [1.165, 1.54) is 0 Å². The first kappa shape index (κ1) is 13.9. The van der Waals surface area contributed by atoms with Crippen molar-refractivity contribution < 1.29 is 14.3 Å². The summed E-state index contributed by atoms with van der Waals surface area (Å²) in [6.45, 7) is -0.210. The number of esters is 1. The molecule has 1 aliphatic carbocycles. The molecule has 4 nitrogen and oxygen atoms in total. The fourth-order valence-corrected chi connectivity index (χ4v) is 2.39. The lowest BCUT2D eigenvalue weighted by Gasteiger charge is -2.22. The minimum absolute atomic E-state index is 0.00582. The van der Waals surface area contributed by atoms with Crippen molar-refractivity contribution in [3.8, 4) is 0 Å². The minimum atomic E-state index is -0.297. The van der Waals surface area contributed by atoms with Gasteiger partial charge in [-0.1, -0.05) is 18.6 Å². The van der Waals surface area contributed by atoms with Gasteiger partial charge in [0.15, 0.2) is 6.61 Å². The summed E-state index contributed by atoms with van der Waals surface area (Å²) in [6.07, 6.45) is 4.79. The Balaban J connectivity index is 1.81. The minimum Gasteiger partial charge on any atom is -0.455 e. The van der Waals surface area contributed by atoms with E-state index in [9.17, 15) is 9.59 Å². The van der Waals surface area contributed by atoms with Crippen molar-refractivity contribution in [1.82, 2.24) is 0 Å². The Kier molecular flexibility index (Phi) is 4.85. The third-order valence-electron chi connectivity index (χ3n) is 3.17. The first-order chi connectivity index (χ1) is 9.20. The second-order valence-corrected chi connectivity index (χ2v) is 5.33. The van der Waals surface area contributed by atoms with Crippen molar-refractivity contribution in [2.75, 3.05) is 18.2 Å². The van der Waals surface area contributed by atoms with Gasteiger partial charge in [-0.3, -0.25) is 9.59 Å². The van der Waals surface area contributed by atoms with Gasteiger partial charge < -0.3 is 10.1 Å². The van der Waals surface area contributed by atoms with Crippen LogP contribution in [-0.2, 0) is 14.3 Å². The molecule has 0 saturated heterocycles. The highest BCUT2D eigenvalue weighted by Gasteiger charge is 2.27. The molecular weight excluding hydrogens is 262 g/mol. The number of carbonyl (C=O) groups excluding carboxylic acids is 2. The van der Waals surface area contributed by atoms with Crippen LogP contribution in [-0.4, -0.2) is 24.7 Å². The molecule has 0 aliphatic heterocycles. The van der Waals surface area contributed by atoms with Crippen LogP contribution in [0.3, 0.4) is 0 Å². The fourth-order valence-electron chi connectivity index (χ4n) is 1.83. The van der Waals surface area contributed by atoms with Gasteiger partial charge in [-0.05, 0) is 31.2 Å². The number of benzene rings is 1. The molecule has 0 unspecified atom stereocenters. The number of hydrogen-bond acceptors (Lipinski definition) is 4. The number of rotatable bonds is 5. The second kappa shape index (κ2) is 6.61. The lowest BCUT2D eigenvalue weighted by atomic mass is 9.86. The molecule has 0 bridgehead atoms. The average Bonchev–Trinajstić information content (AvgIpc) is 2.35. The number of para-hydroxylation sites is 1.